The third-order valence-corrected chi connectivity index (χ3v) is 3.71. The molecule has 0 atom stereocenters. The number of carbonyl (C=O) groups is 1. The molecule has 0 fully saturated rings. The van der Waals surface area contributed by atoms with E-state index in [4.69, 9.17) is 11.6 Å². The Kier molecular flexibility index (Phi) is 4.09. The van der Waals surface area contributed by atoms with Crippen molar-refractivity contribution in [2.45, 2.75) is 19.8 Å². The zero-order valence-corrected chi connectivity index (χ0v) is 11.3. The molecular weight excluding hydrogens is 273 g/mol. The Hall–Kier alpha value is -1.26. The second kappa shape index (κ2) is 5.59. The predicted molar refractivity (Wildman–Crippen MR) is 70.7 cm³/mol. The minimum absolute atomic E-state index is 0.0206. The molecule has 0 aliphatic rings. The van der Waals surface area contributed by atoms with Crippen LogP contribution in [0, 0.1) is 12.7 Å². The van der Waals surface area contributed by atoms with Crippen LogP contribution in [0.5, 0.6) is 0 Å². The molecular formula is C13H11ClFNOS. The van der Waals surface area contributed by atoms with E-state index >= 15 is 0 Å². The lowest BCUT2D eigenvalue weighted by Crippen LogP contribution is -2.07. The minimum Gasteiger partial charge on any atom is -0.299 e. The highest BCUT2D eigenvalue weighted by Crippen LogP contribution is 2.20. The van der Waals surface area contributed by atoms with Gasteiger partial charge in [0.25, 0.3) is 0 Å². The first kappa shape index (κ1) is 13.2. The number of hydrogen-bond acceptors (Lipinski definition) is 3. The minimum atomic E-state index is -0.494. The van der Waals surface area contributed by atoms with Crippen molar-refractivity contribution in [3.8, 4) is 0 Å². The van der Waals surface area contributed by atoms with Gasteiger partial charge in [0.05, 0.1) is 15.7 Å². The first-order valence-corrected chi connectivity index (χ1v) is 6.67. The summed E-state index contributed by atoms with van der Waals surface area (Å²) in [6, 6.07) is 4.49. The molecule has 0 saturated carbocycles. The normalized spacial score (nSPS) is 10.6. The van der Waals surface area contributed by atoms with Crippen molar-refractivity contribution in [1.29, 1.82) is 0 Å². The number of hydrogen-bond donors (Lipinski definition) is 0. The second-order valence-corrected chi connectivity index (χ2v) is 5.40. The highest BCUT2D eigenvalue weighted by molar-refractivity contribution is 7.09. The number of nitrogens with zero attached hydrogens (tertiary/aromatic N) is 1. The molecule has 1 heterocycles. The van der Waals surface area contributed by atoms with Gasteiger partial charge in [0.15, 0.2) is 0 Å². The van der Waals surface area contributed by atoms with Crippen LogP contribution in [-0.4, -0.2) is 10.8 Å². The summed E-state index contributed by atoms with van der Waals surface area (Å²) in [5.74, 6) is -0.515. The van der Waals surface area contributed by atoms with Crippen molar-refractivity contribution in [1.82, 2.24) is 4.98 Å². The molecule has 0 N–H and O–H groups in total. The zero-order chi connectivity index (χ0) is 13.1. The van der Waals surface area contributed by atoms with Crippen molar-refractivity contribution in [3.63, 3.8) is 0 Å². The van der Waals surface area contributed by atoms with Crippen LogP contribution >= 0.6 is 22.9 Å². The van der Waals surface area contributed by atoms with Crippen LogP contribution in [0.1, 0.15) is 16.3 Å². The number of benzene rings is 1. The molecule has 0 spiro atoms. The van der Waals surface area contributed by atoms with Crippen molar-refractivity contribution >= 4 is 28.7 Å². The summed E-state index contributed by atoms with van der Waals surface area (Å²) in [5.41, 5.74) is 1.28. The van der Waals surface area contributed by atoms with Gasteiger partial charge < -0.3 is 0 Å². The summed E-state index contributed by atoms with van der Waals surface area (Å²) in [6.45, 7) is 1.89. The van der Waals surface area contributed by atoms with E-state index in [1.165, 1.54) is 17.4 Å². The smallest absolute Gasteiger partial charge is 0.143 e. The number of thiazole rings is 1. The maximum Gasteiger partial charge on any atom is 0.143 e. The van der Waals surface area contributed by atoms with Gasteiger partial charge in [0.1, 0.15) is 11.6 Å². The summed E-state index contributed by atoms with van der Waals surface area (Å²) < 4.78 is 13.2. The Balaban J connectivity index is 2.05. The first-order chi connectivity index (χ1) is 8.56. The van der Waals surface area contributed by atoms with Gasteiger partial charge in [-0.2, -0.15) is 0 Å². The van der Waals surface area contributed by atoms with Crippen molar-refractivity contribution in [3.05, 3.63) is 50.7 Å². The summed E-state index contributed by atoms with van der Waals surface area (Å²) in [4.78, 5) is 16.1. The highest BCUT2D eigenvalue weighted by Gasteiger charge is 2.12. The molecule has 5 heteroatoms. The predicted octanol–water partition coefficient (Wildman–Crippen LogP) is 3.60. The van der Waals surface area contributed by atoms with E-state index < -0.39 is 5.82 Å². The second-order valence-electron chi connectivity index (χ2n) is 3.96. The highest BCUT2D eigenvalue weighted by atomic mass is 35.5. The van der Waals surface area contributed by atoms with Crippen LogP contribution in [0.2, 0.25) is 5.02 Å². The Bertz CT molecular complexity index is 582. The lowest BCUT2D eigenvalue weighted by Gasteiger charge is -2.03. The average molecular weight is 284 g/mol. The van der Waals surface area contributed by atoms with Gasteiger partial charge in [-0.3, -0.25) is 4.79 Å². The van der Waals surface area contributed by atoms with Crippen LogP contribution in [0.3, 0.4) is 0 Å². The molecule has 0 bridgehead atoms. The Morgan fingerprint density at radius 2 is 2.22 bits per heavy atom. The van der Waals surface area contributed by atoms with Gasteiger partial charge in [-0.05, 0) is 18.6 Å². The SMILES string of the molecule is Cc1nc(CC(=O)Cc2cccc(F)c2Cl)cs1. The number of rotatable bonds is 4. The van der Waals surface area contributed by atoms with Gasteiger partial charge in [-0.15, -0.1) is 11.3 Å². The lowest BCUT2D eigenvalue weighted by molar-refractivity contribution is -0.117. The van der Waals surface area contributed by atoms with Crippen LogP contribution < -0.4 is 0 Å². The standard InChI is InChI=1S/C13H11ClFNOS/c1-8-16-10(7-18-8)6-11(17)5-9-3-2-4-12(15)13(9)14/h2-4,7H,5-6H2,1H3. The summed E-state index contributed by atoms with van der Waals surface area (Å²) in [5, 5.41) is 2.82. The third kappa shape index (κ3) is 3.15. The number of halogens is 2. The van der Waals surface area contributed by atoms with E-state index in [9.17, 15) is 9.18 Å². The molecule has 0 radical (unpaired) electrons. The van der Waals surface area contributed by atoms with Gasteiger partial charge in [-0.1, -0.05) is 23.7 Å². The van der Waals surface area contributed by atoms with E-state index in [0.717, 1.165) is 10.7 Å². The molecule has 18 heavy (non-hydrogen) atoms. The molecule has 2 rings (SSSR count). The topological polar surface area (TPSA) is 30.0 Å². The van der Waals surface area contributed by atoms with Crippen LogP contribution in [0.15, 0.2) is 23.6 Å². The molecule has 2 aromatic rings. The molecule has 1 aromatic carbocycles. The molecule has 0 amide bonds. The molecule has 94 valence electrons. The number of aryl methyl sites for hydroxylation is 1. The van der Waals surface area contributed by atoms with Gasteiger partial charge in [0.2, 0.25) is 0 Å². The maximum atomic E-state index is 13.2. The van der Waals surface area contributed by atoms with E-state index in [1.807, 2.05) is 12.3 Å². The fraction of sp³-hybridized carbons (Fsp3) is 0.231. The van der Waals surface area contributed by atoms with Crippen LogP contribution in [0.25, 0.3) is 0 Å². The van der Waals surface area contributed by atoms with E-state index in [1.54, 1.807) is 12.1 Å². The number of ketones is 1. The first-order valence-electron chi connectivity index (χ1n) is 5.42. The number of aromatic nitrogens is 1. The lowest BCUT2D eigenvalue weighted by atomic mass is 10.1. The molecule has 1 aromatic heterocycles. The molecule has 0 saturated heterocycles. The number of carbonyl (C=O) groups excluding carboxylic acids is 1. The number of Topliss-reactive ketones (excluding diaryl/α,β-unsaturated/α-hetero) is 1. The Labute approximate surface area is 113 Å². The molecule has 0 aliphatic carbocycles. The largest absolute Gasteiger partial charge is 0.299 e. The fourth-order valence-electron chi connectivity index (χ4n) is 1.65. The van der Waals surface area contributed by atoms with Gasteiger partial charge in [0, 0.05) is 18.2 Å². The Morgan fingerprint density at radius 3 is 2.89 bits per heavy atom. The zero-order valence-electron chi connectivity index (χ0n) is 9.74. The van der Waals surface area contributed by atoms with Gasteiger partial charge in [-0.25, -0.2) is 9.37 Å². The molecule has 0 aliphatic heterocycles. The molecule has 2 nitrogen and oxygen atoms in total. The summed E-state index contributed by atoms with van der Waals surface area (Å²) >= 11 is 7.31. The summed E-state index contributed by atoms with van der Waals surface area (Å²) in [6.07, 6.45) is 0.393. The van der Waals surface area contributed by atoms with E-state index in [2.05, 4.69) is 4.98 Å². The van der Waals surface area contributed by atoms with Gasteiger partial charge >= 0.3 is 0 Å². The monoisotopic (exact) mass is 283 g/mol. The van der Waals surface area contributed by atoms with E-state index in [-0.39, 0.29) is 23.6 Å². The van der Waals surface area contributed by atoms with Crippen molar-refractivity contribution in [2.75, 3.05) is 0 Å². The summed E-state index contributed by atoms with van der Waals surface area (Å²) in [7, 11) is 0. The van der Waals surface area contributed by atoms with E-state index in [0.29, 0.717) is 5.56 Å². The van der Waals surface area contributed by atoms with Crippen LogP contribution in [0.4, 0.5) is 4.39 Å². The molecule has 0 unspecified atom stereocenters. The fourth-order valence-corrected chi connectivity index (χ4v) is 2.46. The maximum absolute atomic E-state index is 13.2. The third-order valence-electron chi connectivity index (χ3n) is 2.46. The quantitative estimate of drug-likeness (QED) is 0.858. The average Bonchev–Trinajstić information content (AvgIpc) is 2.70. The van der Waals surface area contributed by atoms with Crippen molar-refractivity contribution < 1.29 is 9.18 Å². The van der Waals surface area contributed by atoms with Crippen molar-refractivity contribution in [2.24, 2.45) is 0 Å². The van der Waals surface area contributed by atoms with Crippen LogP contribution in [-0.2, 0) is 17.6 Å². The Morgan fingerprint density at radius 1 is 1.44 bits per heavy atom.